The Morgan fingerprint density at radius 1 is 1.25 bits per heavy atom. The smallest absolute Gasteiger partial charge is 0.407 e. The summed E-state index contributed by atoms with van der Waals surface area (Å²) in [6, 6.07) is 9.50. The molecule has 1 aromatic carbocycles. The van der Waals surface area contributed by atoms with Crippen LogP contribution in [-0.4, -0.2) is 49.2 Å². The molecule has 24 heavy (non-hydrogen) atoms. The zero-order valence-electron chi connectivity index (χ0n) is 13.8. The molecule has 6 nitrogen and oxygen atoms in total. The van der Waals surface area contributed by atoms with Gasteiger partial charge in [-0.2, -0.15) is 0 Å². The number of likely N-dealkylation sites (tertiary alicyclic amines) is 1. The van der Waals surface area contributed by atoms with Crippen molar-refractivity contribution in [2.75, 3.05) is 26.3 Å². The number of hydrogen-bond donors (Lipinski definition) is 1. The number of hydrogen-bond acceptors (Lipinski definition) is 4. The molecule has 1 N–H and O–H groups in total. The van der Waals surface area contributed by atoms with E-state index in [1.165, 1.54) is 6.08 Å². The molecule has 0 bridgehead atoms. The van der Waals surface area contributed by atoms with E-state index in [0.717, 1.165) is 18.6 Å². The van der Waals surface area contributed by atoms with Gasteiger partial charge in [-0.05, 0) is 25.0 Å². The maximum Gasteiger partial charge on any atom is 0.407 e. The van der Waals surface area contributed by atoms with Gasteiger partial charge in [0.15, 0.2) is 0 Å². The first-order valence-electron chi connectivity index (χ1n) is 8.19. The first-order valence-corrected chi connectivity index (χ1v) is 8.19. The molecule has 130 valence electrons. The zero-order chi connectivity index (χ0) is 17.2. The van der Waals surface area contributed by atoms with E-state index in [1.807, 2.05) is 35.2 Å². The van der Waals surface area contributed by atoms with Gasteiger partial charge in [0.1, 0.15) is 12.4 Å². The second-order valence-electron chi connectivity index (χ2n) is 5.60. The van der Waals surface area contributed by atoms with Crippen molar-refractivity contribution in [3.05, 3.63) is 43.0 Å². The van der Waals surface area contributed by atoms with Crippen molar-refractivity contribution < 1.29 is 19.1 Å². The number of rotatable bonds is 7. The van der Waals surface area contributed by atoms with Crippen molar-refractivity contribution in [3.63, 3.8) is 0 Å². The van der Waals surface area contributed by atoms with Gasteiger partial charge in [-0.15, -0.1) is 0 Å². The molecule has 6 heteroatoms. The third kappa shape index (κ3) is 5.95. The number of ether oxygens (including phenoxy) is 2. The topological polar surface area (TPSA) is 67.9 Å². The van der Waals surface area contributed by atoms with Gasteiger partial charge in [0.05, 0.1) is 13.0 Å². The first kappa shape index (κ1) is 17.8. The normalized spacial score (nSPS) is 14.8. The maximum atomic E-state index is 12.2. The number of nitrogens with one attached hydrogen (secondary N) is 1. The highest BCUT2D eigenvalue weighted by Gasteiger charge is 2.23. The van der Waals surface area contributed by atoms with E-state index >= 15 is 0 Å². The minimum atomic E-state index is -0.434. The van der Waals surface area contributed by atoms with Gasteiger partial charge >= 0.3 is 6.09 Å². The lowest BCUT2D eigenvalue weighted by molar-refractivity contribution is -0.132. The highest BCUT2D eigenvalue weighted by molar-refractivity contribution is 5.76. The van der Waals surface area contributed by atoms with Crippen LogP contribution in [0.3, 0.4) is 0 Å². The minimum Gasteiger partial charge on any atom is -0.493 e. The molecule has 2 amide bonds. The predicted molar refractivity (Wildman–Crippen MR) is 90.8 cm³/mol. The fourth-order valence-corrected chi connectivity index (χ4v) is 2.55. The SMILES string of the molecule is C=CCOC(=O)NC1CCN(C(=O)CCOc2ccccc2)CC1. The number of alkyl carbamates (subject to hydrolysis) is 1. The molecule has 0 aromatic heterocycles. The van der Waals surface area contributed by atoms with E-state index in [4.69, 9.17) is 9.47 Å². The quantitative estimate of drug-likeness (QED) is 0.778. The lowest BCUT2D eigenvalue weighted by atomic mass is 10.1. The Morgan fingerprint density at radius 3 is 2.62 bits per heavy atom. The average molecular weight is 332 g/mol. The Morgan fingerprint density at radius 2 is 1.96 bits per heavy atom. The molecule has 2 rings (SSSR count). The van der Waals surface area contributed by atoms with Crippen LogP contribution in [0.5, 0.6) is 5.75 Å². The van der Waals surface area contributed by atoms with Crippen molar-refractivity contribution in [2.24, 2.45) is 0 Å². The van der Waals surface area contributed by atoms with Gasteiger partial charge in [-0.3, -0.25) is 4.79 Å². The summed E-state index contributed by atoms with van der Waals surface area (Å²) in [6.07, 6.45) is 2.91. The first-order chi connectivity index (χ1) is 11.7. The second-order valence-corrected chi connectivity index (χ2v) is 5.60. The van der Waals surface area contributed by atoms with Gasteiger partial charge < -0.3 is 19.7 Å². The summed E-state index contributed by atoms with van der Waals surface area (Å²) in [5.74, 6) is 0.852. The number of para-hydroxylation sites is 1. The van der Waals surface area contributed by atoms with Gasteiger partial charge in [0.25, 0.3) is 0 Å². The van der Waals surface area contributed by atoms with E-state index in [9.17, 15) is 9.59 Å². The number of carbonyl (C=O) groups excluding carboxylic acids is 2. The monoisotopic (exact) mass is 332 g/mol. The van der Waals surface area contributed by atoms with Crippen molar-refractivity contribution in [1.29, 1.82) is 0 Å². The lowest BCUT2D eigenvalue weighted by Gasteiger charge is -2.32. The number of carbonyl (C=O) groups is 2. The Balaban J connectivity index is 1.63. The second kappa shape index (κ2) is 9.60. The van der Waals surface area contributed by atoms with E-state index in [1.54, 1.807) is 0 Å². The fourth-order valence-electron chi connectivity index (χ4n) is 2.55. The third-order valence-corrected chi connectivity index (χ3v) is 3.83. The molecule has 1 aliphatic heterocycles. The molecular weight excluding hydrogens is 308 g/mol. The summed E-state index contributed by atoms with van der Waals surface area (Å²) in [5.41, 5.74) is 0. The van der Waals surface area contributed by atoms with Gasteiger partial charge in [0, 0.05) is 19.1 Å². The summed E-state index contributed by atoms with van der Waals surface area (Å²) in [7, 11) is 0. The Kier molecular flexibility index (Phi) is 7.14. The molecule has 0 unspecified atom stereocenters. The minimum absolute atomic E-state index is 0.0481. The van der Waals surface area contributed by atoms with E-state index in [2.05, 4.69) is 11.9 Å². The fraction of sp³-hybridized carbons (Fsp3) is 0.444. The van der Waals surface area contributed by atoms with Crippen molar-refractivity contribution >= 4 is 12.0 Å². The Bertz CT molecular complexity index is 539. The van der Waals surface area contributed by atoms with Crippen molar-refractivity contribution in [3.8, 4) is 5.75 Å². The van der Waals surface area contributed by atoms with Gasteiger partial charge in [-0.1, -0.05) is 30.9 Å². The van der Waals surface area contributed by atoms with E-state index < -0.39 is 6.09 Å². The third-order valence-electron chi connectivity index (χ3n) is 3.83. The number of benzene rings is 1. The molecule has 1 saturated heterocycles. The van der Waals surface area contributed by atoms with E-state index in [0.29, 0.717) is 26.1 Å². The average Bonchev–Trinajstić information content (AvgIpc) is 2.61. The van der Waals surface area contributed by atoms with Crippen LogP contribution in [0.25, 0.3) is 0 Å². The van der Waals surface area contributed by atoms with Gasteiger partial charge in [-0.25, -0.2) is 4.79 Å². The molecule has 0 saturated carbocycles. The summed E-state index contributed by atoms with van der Waals surface area (Å²) >= 11 is 0. The summed E-state index contributed by atoms with van der Waals surface area (Å²) in [6.45, 7) is 5.33. The van der Waals surface area contributed by atoms with Crippen LogP contribution < -0.4 is 10.1 Å². The number of nitrogens with zero attached hydrogens (tertiary/aromatic N) is 1. The zero-order valence-corrected chi connectivity index (χ0v) is 13.8. The number of amides is 2. The van der Waals surface area contributed by atoms with E-state index in [-0.39, 0.29) is 18.6 Å². The van der Waals surface area contributed by atoms with Crippen LogP contribution in [0.15, 0.2) is 43.0 Å². The summed E-state index contributed by atoms with van der Waals surface area (Å²) in [5, 5.41) is 2.81. The molecular formula is C18H24N2O4. The molecule has 1 fully saturated rings. The van der Waals surface area contributed by atoms with Crippen molar-refractivity contribution in [1.82, 2.24) is 10.2 Å². The molecule has 0 spiro atoms. The summed E-state index contributed by atoms with van der Waals surface area (Å²) < 4.78 is 10.4. The molecule has 1 heterocycles. The van der Waals surface area contributed by atoms with Crippen LogP contribution in [0, 0.1) is 0 Å². The van der Waals surface area contributed by atoms with Crippen LogP contribution in [0.4, 0.5) is 4.79 Å². The lowest BCUT2D eigenvalue weighted by Crippen LogP contribution is -2.46. The molecule has 0 atom stereocenters. The van der Waals surface area contributed by atoms with Gasteiger partial charge in [0.2, 0.25) is 5.91 Å². The largest absolute Gasteiger partial charge is 0.493 e. The highest BCUT2D eigenvalue weighted by Crippen LogP contribution is 2.13. The maximum absolute atomic E-state index is 12.2. The van der Waals surface area contributed by atoms with Crippen LogP contribution >= 0.6 is 0 Å². The Hall–Kier alpha value is -2.50. The summed E-state index contributed by atoms with van der Waals surface area (Å²) in [4.78, 5) is 25.5. The predicted octanol–water partition coefficient (Wildman–Crippen LogP) is 2.36. The standard InChI is InChI=1S/C18H24N2O4/c1-2-13-24-18(22)19-15-8-11-20(12-9-15)17(21)10-14-23-16-6-4-3-5-7-16/h2-7,15H,1,8-14H2,(H,19,22). The molecule has 1 aliphatic rings. The Labute approximate surface area is 142 Å². The molecule has 0 radical (unpaired) electrons. The van der Waals surface area contributed by atoms with Crippen molar-refractivity contribution in [2.45, 2.75) is 25.3 Å². The highest BCUT2D eigenvalue weighted by atomic mass is 16.5. The van der Waals surface area contributed by atoms with Crippen LogP contribution in [0.2, 0.25) is 0 Å². The van der Waals surface area contributed by atoms with Crippen LogP contribution in [-0.2, 0) is 9.53 Å². The molecule has 0 aliphatic carbocycles. The number of piperidine rings is 1. The molecule has 1 aromatic rings. The van der Waals surface area contributed by atoms with Crippen LogP contribution in [0.1, 0.15) is 19.3 Å².